The average molecular weight is 374 g/mol. The van der Waals surface area contributed by atoms with E-state index in [-0.39, 0.29) is 0 Å². The van der Waals surface area contributed by atoms with Crippen molar-refractivity contribution in [1.82, 2.24) is 14.9 Å². The molecule has 1 aromatic heterocycles. The number of benzene rings is 2. The number of aromatic amines is 1. The minimum Gasteiger partial charge on any atom is -0.497 e. The van der Waals surface area contributed by atoms with Gasteiger partial charge < -0.3 is 9.72 Å². The summed E-state index contributed by atoms with van der Waals surface area (Å²) in [5.74, 6) is 1.99. The van der Waals surface area contributed by atoms with Crippen LogP contribution in [0.25, 0.3) is 11.4 Å². The molecule has 2 heterocycles. The van der Waals surface area contributed by atoms with Crippen LogP contribution in [0.5, 0.6) is 5.75 Å². The van der Waals surface area contributed by atoms with Gasteiger partial charge in [-0.15, -0.1) is 0 Å². The van der Waals surface area contributed by atoms with Crippen LogP contribution < -0.4 is 4.74 Å². The maximum absolute atomic E-state index is 5.39. The Morgan fingerprint density at radius 1 is 1.11 bits per heavy atom. The lowest BCUT2D eigenvalue weighted by molar-refractivity contribution is 0.160. The van der Waals surface area contributed by atoms with E-state index in [0.29, 0.717) is 6.04 Å². The predicted octanol–water partition coefficient (Wildman–Crippen LogP) is 4.31. The second-order valence-electron chi connectivity index (χ2n) is 8.08. The fourth-order valence-corrected chi connectivity index (χ4v) is 4.74. The van der Waals surface area contributed by atoms with Gasteiger partial charge in [0.15, 0.2) is 0 Å². The zero-order chi connectivity index (χ0) is 19.1. The van der Waals surface area contributed by atoms with Crippen LogP contribution in [-0.2, 0) is 25.8 Å². The number of rotatable bonds is 3. The van der Waals surface area contributed by atoms with Crippen molar-refractivity contribution in [2.24, 2.45) is 0 Å². The molecule has 2 aliphatic rings. The highest BCUT2D eigenvalue weighted by Gasteiger charge is 2.29. The SMILES string of the molecule is COc1ccc2c(c1)CCC(N1CCc3nc(-c4ccccc4C)[nH]c3C1)C2. The lowest BCUT2D eigenvalue weighted by atomic mass is 9.86. The summed E-state index contributed by atoms with van der Waals surface area (Å²) in [5, 5.41) is 0. The maximum Gasteiger partial charge on any atom is 0.138 e. The average Bonchev–Trinajstić information content (AvgIpc) is 3.16. The first-order chi connectivity index (χ1) is 13.7. The van der Waals surface area contributed by atoms with Gasteiger partial charge >= 0.3 is 0 Å². The summed E-state index contributed by atoms with van der Waals surface area (Å²) in [5.41, 5.74) is 7.96. The van der Waals surface area contributed by atoms with Crippen LogP contribution >= 0.6 is 0 Å². The summed E-state index contributed by atoms with van der Waals surface area (Å²) >= 11 is 0. The van der Waals surface area contributed by atoms with E-state index in [1.165, 1.54) is 40.1 Å². The first kappa shape index (κ1) is 17.5. The Balaban J connectivity index is 1.34. The third-order valence-electron chi connectivity index (χ3n) is 6.39. The highest BCUT2D eigenvalue weighted by Crippen LogP contribution is 2.31. The molecule has 1 aliphatic carbocycles. The molecule has 1 unspecified atom stereocenters. The molecule has 4 nitrogen and oxygen atoms in total. The van der Waals surface area contributed by atoms with Gasteiger partial charge in [-0.1, -0.05) is 30.3 Å². The molecule has 1 N–H and O–H groups in total. The van der Waals surface area contributed by atoms with Crippen LogP contribution in [0.3, 0.4) is 0 Å². The Morgan fingerprint density at radius 2 is 2.00 bits per heavy atom. The van der Waals surface area contributed by atoms with E-state index in [4.69, 9.17) is 9.72 Å². The fourth-order valence-electron chi connectivity index (χ4n) is 4.74. The van der Waals surface area contributed by atoms with E-state index in [1.54, 1.807) is 7.11 Å². The molecule has 4 heteroatoms. The van der Waals surface area contributed by atoms with Crippen LogP contribution in [0.15, 0.2) is 42.5 Å². The summed E-state index contributed by atoms with van der Waals surface area (Å²) in [6, 6.07) is 15.6. The molecule has 2 aromatic carbocycles. The van der Waals surface area contributed by atoms with Crippen LogP contribution in [-0.4, -0.2) is 34.6 Å². The number of imidazole rings is 1. The topological polar surface area (TPSA) is 41.1 Å². The van der Waals surface area contributed by atoms with Gasteiger partial charge in [-0.2, -0.15) is 0 Å². The molecule has 0 bridgehead atoms. The monoisotopic (exact) mass is 373 g/mol. The van der Waals surface area contributed by atoms with E-state index >= 15 is 0 Å². The number of hydrogen-bond acceptors (Lipinski definition) is 3. The molecule has 0 spiro atoms. The van der Waals surface area contributed by atoms with Gasteiger partial charge in [0, 0.05) is 31.1 Å². The van der Waals surface area contributed by atoms with Gasteiger partial charge in [0.1, 0.15) is 11.6 Å². The number of aromatic nitrogens is 2. The molecule has 0 fully saturated rings. The van der Waals surface area contributed by atoms with Gasteiger partial charge in [0.05, 0.1) is 18.5 Å². The van der Waals surface area contributed by atoms with Gasteiger partial charge in [-0.05, 0) is 55.0 Å². The summed E-state index contributed by atoms with van der Waals surface area (Å²) in [4.78, 5) is 11.2. The van der Waals surface area contributed by atoms with Crippen LogP contribution in [0.4, 0.5) is 0 Å². The van der Waals surface area contributed by atoms with Crippen molar-refractivity contribution in [3.63, 3.8) is 0 Å². The van der Waals surface area contributed by atoms with Crippen molar-refractivity contribution in [3.05, 3.63) is 70.5 Å². The summed E-state index contributed by atoms with van der Waals surface area (Å²) < 4.78 is 5.39. The molecular weight excluding hydrogens is 346 g/mol. The minimum atomic E-state index is 0.610. The van der Waals surface area contributed by atoms with E-state index in [9.17, 15) is 0 Å². The number of methoxy groups -OCH3 is 1. The Morgan fingerprint density at radius 3 is 2.86 bits per heavy atom. The largest absolute Gasteiger partial charge is 0.497 e. The van der Waals surface area contributed by atoms with E-state index in [0.717, 1.165) is 43.9 Å². The Labute approximate surface area is 166 Å². The number of fused-ring (bicyclic) bond motifs is 2. The first-order valence-electron chi connectivity index (χ1n) is 10.2. The summed E-state index contributed by atoms with van der Waals surface area (Å²) in [6.07, 6.45) is 4.52. The predicted molar refractivity (Wildman–Crippen MR) is 112 cm³/mol. The molecule has 1 atom stereocenters. The number of nitrogens with one attached hydrogen (secondary N) is 1. The van der Waals surface area contributed by atoms with Crippen molar-refractivity contribution in [1.29, 1.82) is 0 Å². The third-order valence-corrected chi connectivity index (χ3v) is 6.39. The second-order valence-corrected chi connectivity index (χ2v) is 8.08. The molecule has 0 amide bonds. The number of hydrogen-bond donors (Lipinski definition) is 1. The van der Waals surface area contributed by atoms with E-state index in [2.05, 4.69) is 59.3 Å². The van der Waals surface area contributed by atoms with Crippen molar-refractivity contribution < 1.29 is 4.74 Å². The quantitative estimate of drug-likeness (QED) is 0.744. The van der Waals surface area contributed by atoms with E-state index in [1.807, 2.05) is 0 Å². The van der Waals surface area contributed by atoms with Crippen LogP contribution in [0.1, 0.15) is 34.5 Å². The molecule has 5 rings (SSSR count). The Kier molecular flexibility index (Phi) is 4.44. The zero-order valence-corrected chi connectivity index (χ0v) is 16.7. The number of ether oxygens (including phenoxy) is 1. The van der Waals surface area contributed by atoms with Gasteiger partial charge in [-0.25, -0.2) is 4.98 Å². The Bertz CT molecular complexity index is 1010. The first-order valence-corrected chi connectivity index (χ1v) is 10.2. The molecule has 28 heavy (non-hydrogen) atoms. The van der Waals surface area contributed by atoms with E-state index < -0.39 is 0 Å². The van der Waals surface area contributed by atoms with Crippen LogP contribution in [0, 0.1) is 6.92 Å². The van der Waals surface area contributed by atoms with Crippen LogP contribution in [0.2, 0.25) is 0 Å². The maximum atomic E-state index is 5.39. The molecule has 0 radical (unpaired) electrons. The Hall–Kier alpha value is -2.59. The smallest absolute Gasteiger partial charge is 0.138 e. The normalized spacial score (nSPS) is 19.1. The van der Waals surface area contributed by atoms with Crippen molar-refractivity contribution in [2.75, 3.05) is 13.7 Å². The lowest BCUT2D eigenvalue weighted by Crippen LogP contribution is -2.42. The standard InChI is InChI=1S/C24H27N3O/c1-16-5-3-4-6-21(16)24-25-22-11-12-27(15-23(22)26-24)19-9-7-18-14-20(28-2)10-8-17(18)13-19/h3-6,8,10,14,19H,7,9,11-13,15H2,1-2H3,(H,25,26). The highest BCUT2D eigenvalue weighted by atomic mass is 16.5. The van der Waals surface area contributed by atoms with Crippen molar-refractivity contribution in [2.45, 2.75) is 45.2 Å². The van der Waals surface area contributed by atoms with Crippen molar-refractivity contribution in [3.8, 4) is 17.1 Å². The number of aryl methyl sites for hydroxylation is 2. The zero-order valence-electron chi connectivity index (χ0n) is 16.7. The molecule has 0 saturated carbocycles. The summed E-state index contributed by atoms with van der Waals surface area (Å²) in [6.45, 7) is 4.23. The lowest BCUT2D eigenvalue weighted by Gasteiger charge is -2.37. The third kappa shape index (κ3) is 3.12. The van der Waals surface area contributed by atoms with Crippen molar-refractivity contribution >= 4 is 0 Å². The second kappa shape index (κ2) is 7.10. The molecular formula is C24H27N3O. The number of nitrogens with zero attached hydrogens (tertiary/aromatic N) is 2. The van der Waals surface area contributed by atoms with Gasteiger partial charge in [0.2, 0.25) is 0 Å². The van der Waals surface area contributed by atoms with Gasteiger partial charge in [-0.3, -0.25) is 4.90 Å². The van der Waals surface area contributed by atoms with Gasteiger partial charge in [0.25, 0.3) is 0 Å². The molecule has 3 aromatic rings. The fraction of sp³-hybridized carbons (Fsp3) is 0.375. The minimum absolute atomic E-state index is 0.610. The molecule has 1 aliphatic heterocycles. The molecule has 0 saturated heterocycles. The summed E-state index contributed by atoms with van der Waals surface area (Å²) in [7, 11) is 1.74. The molecule has 144 valence electrons. The highest BCUT2D eigenvalue weighted by molar-refractivity contribution is 5.60. The number of H-pyrrole nitrogens is 1.